The standard InChI is InChI=1S/C23H20N4O2S/c1-16-8-7-14-24-21(16)26-20(28)13-15-30-23-25-19-12-6-5-11-18(19)22(29)27(23)17-9-3-2-4-10-17/h2-12,14H,13,15H2,1H3,(H,24,26,28). The van der Waals surface area contributed by atoms with Gasteiger partial charge in [0.1, 0.15) is 5.82 Å². The number of hydrogen-bond donors (Lipinski definition) is 1. The second-order valence-electron chi connectivity index (χ2n) is 6.70. The molecule has 6 nitrogen and oxygen atoms in total. The summed E-state index contributed by atoms with van der Waals surface area (Å²) >= 11 is 1.38. The average molecular weight is 417 g/mol. The van der Waals surface area contributed by atoms with Crippen molar-refractivity contribution >= 4 is 34.4 Å². The molecule has 0 aliphatic carbocycles. The Kier molecular flexibility index (Phi) is 5.90. The number of carbonyl (C=O) groups is 1. The van der Waals surface area contributed by atoms with Gasteiger partial charge in [-0.1, -0.05) is 48.2 Å². The molecule has 150 valence electrons. The van der Waals surface area contributed by atoms with Gasteiger partial charge in [-0.3, -0.25) is 14.2 Å². The van der Waals surface area contributed by atoms with Gasteiger partial charge in [0, 0.05) is 18.4 Å². The van der Waals surface area contributed by atoms with Gasteiger partial charge < -0.3 is 5.32 Å². The van der Waals surface area contributed by atoms with E-state index in [2.05, 4.69) is 15.3 Å². The average Bonchev–Trinajstić information content (AvgIpc) is 2.76. The zero-order chi connectivity index (χ0) is 20.9. The largest absolute Gasteiger partial charge is 0.310 e. The number of aromatic nitrogens is 3. The molecule has 0 saturated carbocycles. The summed E-state index contributed by atoms with van der Waals surface area (Å²) in [5, 5.41) is 3.96. The first-order valence-electron chi connectivity index (χ1n) is 9.55. The number of anilines is 1. The van der Waals surface area contributed by atoms with Crippen LogP contribution in [0.25, 0.3) is 16.6 Å². The number of rotatable bonds is 6. The highest BCUT2D eigenvalue weighted by atomic mass is 32.2. The Hall–Kier alpha value is -3.45. The third-order valence-electron chi connectivity index (χ3n) is 4.59. The van der Waals surface area contributed by atoms with Gasteiger partial charge in [0.25, 0.3) is 5.56 Å². The van der Waals surface area contributed by atoms with Crippen LogP contribution >= 0.6 is 11.8 Å². The molecular weight excluding hydrogens is 396 g/mol. The normalized spacial score (nSPS) is 10.8. The van der Waals surface area contributed by atoms with Crippen molar-refractivity contribution in [2.75, 3.05) is 11.1 Å². The maximum atomic E-state index is 13.1. The molecule has 0 saturated heterocycles. The highest BCUT2D eigenvalue weighted by molar-refractivity contribution is 7.99. The van der Waals surface area contributed by atoms with E-state index in [4.69, 9.17) is 0 Å². The van der Waals surface area contributed by atoms with Crippen molar-refractivity contribution in [3.63, 3.8) is 0 Å². The summed E-state index contributed by atoms with van der Waals surface area (Å²) in [5.74, 6) is 0.922. The van der Waals surface area contributed by atoms with E-state index in [9.17, 15) is 9.59 Å². The molecule has 30 heavy (non-hydrogen) atoms. The Morgan fingerprint density at radius 1 is 1.03 bits per heavy atom. The van der Waals surface area contributed by atoms with Gasteiger partial charge in [-0.25, -0.2) is 9.97 Å². The zero-order valence-corrected chi connectivity index (χ0v) is 17.2. The van der Waals surface area contributed by atoms with Gasteiger partial charge in [0.2, 0.25) is 5.91 Å². The van der Waals surface area contributed by atoms with Crippen molar-refractivity contribution in [3.05, 3.63) is 88.8 Å². The minimum absolute atomic E-state index is 0.122. The van der Waals surface area contributed by atoms with Crippen LogP contribution in [0, 0.1) is 6.92 Å². The molecular formula is C23H20N4O2S. The molecule has 2 aromatic heterocycles. The maximum absolute atomic E-state index is 13.1. The summed E-state index contributed by atoms with van der Waals surface area (Å²) in [4.78, 5) is 34.4. The van der Waals surface area contributed by atoms with Crippen LogP contribution < -0.4 is 10.9 Å². The fourth-order valence-corrected chi connectivity index (χ4v) is 4.01. The van der Waals surface area contributed by atoms with E-state index >= 15 is 0 Å². The molecule has 2 heterocycles. The number of benzene rings is 2. The lowest BCUT2D eigenvalue weighted by Gasteiger charge is -2.13. The molecule has 0 bridgehead atoms. The van der Waals surface area contributed by atoms with Crippen LogP contribution in [0.4, 0.5) is 5.82 Å². The molecule has 0 unspecified atom stereocenters. The topological polar surface area (TPSA) is 76.9 Å². The van der Waals surface area contributed by atoms with Crippen LogP contribution in [0.3, 0.4) is 0 Å². The molecule has 0 aliphatic heterocycles. The van der Waals surface area contributed by atoms with Crippen molar-refractivity contribution in [2.45, 2.75) is 18.5 Å². The van der Waals surface area contributed by atoms with Crippen LogP contribution in [0.2, 0.25) is 0 Å². The van der Waals surface area contributed by atoms with E-state index in [0.717, 1.165) is 11.3 Å². The second kappa shape index (κ2) is 8.92. The molecule has 0 spiro atoms. The molecule has 4 rings (SSSR count). The number of thioether (sulfide) groups is 1. The van der Waals surface area contributed by atoms with Crippen molar-refractivity contribution in [3.8, 4) is 5.69 Å². The monoisotopic (exact) mass is 416 g/mol. The van der Waals surface area contributed by atoms with Crippen molar-refractivity contribution in [2.24, 2.45) is 0 Å². The van der Waals surface area contributed by atoms with Crippen LogP contribution in [0.15, 0.2) is 82.9 Å². The van der Waals surface area contributed by atoms with Crippen molar-refractivity contribution in [1.29, 1.82) is 0 Å². The van der Waals surface area contributed by atoms with E-state index in [-0.39, 0.29) is 17.9 Å². The number of pyridine rings is 1. The smallest absolute Gasteiger partial charge is 0.266 e. The molecule has 1 N–H and O–H groups in total. The minimum Gasteiger partial charge on any atom is -0.310 e. The molecule has 0 fully saturated rings. The molecule has 0 atom stereocenters. The first kappa shape index (κ1) is 19.8. The predicted molar refractivity (Wildman–Crippen MR) is 120 cm³/mol. The summed E-state index contributed by atoms with van der Waals surface area (Å²) < 4.78 is 1.60. The predicted octanol–water partition coefficient (Wildman–Crippen LogP) is 4.21. The number of carbonyl (C=O) groups excluding carboxylic acids is 1. The van der Waals surface area contributed by atoms with Gasteiger partial charge in [-0.2, -0.15) is 0 Å². The fourth-order valence-electron chi connectivity index (χ4n) is 3.06. The number of para-hydroxylation sites is 2. The quantitative estimate of drug-likeness (QED) is 0.376. The third kappa shape index (κ3) is 4.26. The molecule has 1 amide bonds. The molecule has 4 aromatic rings. The maximum Gasteiger partial charge on any atom is 0.266 e. The first-order chi connectivity index (χ1) is 14.6. The number of amides is 1. The lowest BCUT2D eigenvalue weighted by Crippen LogP contribution is -2.22. The lowest BCUT2D eigenvalue weighted by molar-refractivity contribution is -0.115. The minimum atomic E-state index is -0.126. The Bertz CT molecular complexity index is 1260. The number of fused-ring (bicyclic) bond motifs is 1. The molecule has 7 heteroatoms. The third-order valence-corrected chi connectivity index (χ3v) is 5.53. The van der Waals surface area contributed by atoms with E-state index in [1.165, 1.54) is 11.8 Å². The number of nitrogens with one attached hydrogen (secondary N) is 1. The Morgan fingerprint density at radius 2 is 1.80 bits per heavy atom. The number of hydrogen-bond acceptors (Lipinski definition) is 5. The van der Waals surface area contributed by atoms with Gasteiger partial charge in [-0.15, -0.1) is 0 Å². The van der Waals surface area contributed by atoms with Gasteiger partial charge in [0.05, 0.1) is 16.6 Å². The summed E-state index contributed by atoms with van der Waals surface area (Å²) in [6.07, 6.45) is 1.92. The molecule has 0 aliphatic rings. The lowest BCUT2D eigenvalue weighted by atomic mass is 10.2. The van der Waals surface area contributed by atoms with Crippen LogP contribution in [0.5, 0.6) is 0 Å². The highest BCUT2D eigenvalue weighted by Gasteiger charge is 2.14. The van der Waals surface area contributed by atoms with Gasteiger partial charge in [0.15, 0.2) is 5.16 Å². The summed E-state index contributed by atoms with van der Waals surface area (Å²) in [6, 6.07) is 20.4. The number of aryl methyl sites for hydroxylation is 1. The Balaban J connectivity index is 1.57. The van der Waals surface area contributed by atoms with E-state index in [1.807, 2.05) is 67.6 Å². The van der Waals surface area contributed by atoms with Crippen molar-refractivity contribution < 1.29 is 4.79 Å². The van der Waals surface area contributed by atoms with E-state index in [1.54, 1.807) is 16.8 Å². The van der Waals surface area contributed by atoms with Crippen LogP contribution in [-0.4, -0.2) is 26.2 Å². The molecule has 2 aromatic carbocycles. The summed E-state index contributed by atoms with van der Waals surface area (Å²) in [5.41, 5.74) is 2.18. The summed E-state index contributed by atoms with van der Waals surface area (Å²) in [6.45, 7) is 1.90. The van der Waals surface area contributed by atoms with Crippen molar-refractivity contribution in [1.82, 2.24) is 14.5 Å². The summed E-state index contributed by atoms with van der Waals surface area (Å²) in [7, 11) is 0. The van der Waals surface area contributed by atoms with Gasteiger partial charge in [-0.05, 0) is 42.8 Å². The fraction of sp³-hybridized carbons (Fsp3) is 0.130. The highest BCUT2D eigenvalue weighted by Crippen LogP contribution is 2.22. The first-order valence-corrected chi connectivity index (χ1v) is 10.5. The van der Waals surface area contributed by atoms with E-state index in [0.29, 0.717) is 27.6 Å². The van der Waals surface area contributed by atoms with Crippen LogP contribution in [-0.2, 0) is 4.79 Å². The zero-order valence-electron chi connectivity index (χ0n) is 16.4. The Labute approximate surface area is 178 Å². The van der Waals surface area contributed by atoms with Crippen LogP contribution in [0.1, 0.15) is 12.0 Å². The molecule has 0 radical (unpaired) electrons. The number of nitrogens with zero attached hydrogens (tertiary/aromatic N) is 3. The van der Waals surface area contributed by atoms with E-state index < -0.39 is 0 Å². The Morgan fingerprint density at radius 3 is 2.60 bits per heavy atom. The SMILES string of the molecule is Cc1cccnc1NC(=O)CCSc1nc2ccccc2c(=O)n1-c1ccccc1. The second-order valence-corrected chi connectivity index (χ2v) is 7.77. The van der Waals surface area contributed by atoms with Gasteiger partial charge >= 0.3 is 0 Å².